The Hall–Kier alpha value is -3.28. The fourth-order valence-corrected chi connectivity index (χ4v) is 2.65. The van der Waals surface area contributed by atoms with Crippen molar-refractivity contribution in [3.8, 4) is 22.5 Å². The molecule has 0 N–H and O–H groups in total. The number of hydrogen-bond donors (Lipinski definition) is 0. The minimum Gasteiger partial charge on any atom is -0.465 e. The predicted octanol–water partition coefficient (Wildman–Crippen LogP) is 3.34. The van der Waals surface area contributed by atoms with Crippen LogP contribution in [-0.4, -0.2) is 27.8 Å². The topological polar surface area (TPSA) is 74.1 Å². The molecule has 132 valence electrons. The largest absolute Gasteiger partial charge is 0.465 e. The Balaban J connectivity index is 2.25. The van der Waals surface area contributed by atoms with Gasteiger partial charge in [-0.3, -0.25) is 9.78 Å². The van der Waals surface area contributed by atoms with Crippen molar-refractivity contribution in [1.82, 2.24) is 14.8 Å². The molecule has 0 aliphatic heterocycles. The maximum Gasteiger partial charge on any atom is 0.339 e. The number of carbonyl (C=O) groups excluding carboxylic acids is 1. The van der Waals surface area contributed by atoms with Crippen molar-refractivity contribution in [3.63, 3.8) is 0 Å². The first-order chi connectivity index (χ1) is 12.5. The second-order valence-electron chi connectivity index (χ2n) is 6.07. The van der Waals surface area contributed by atoms with E-state index in [2.05, 4.69) is 10.1 Å². The van der Waals surface area contributed by atoms with Gasteiger partial charge in [0.15, 0.2) is 0 Å². The van der Waals surface area contributed by atoms with Crippen molar-refractivity contribution in [2.24, 2.45) is 0 Å². The standard InChI is InChI=1S/C20H19N3O3/c1-13(2)23-18(24)10-9-17(22-23)16-11-15(20(25)26-3)12-21-19(16)14-7-5-4-6-8-14/h4-13H,1-3H3. The molecule has 6 nitrogen and oxygen atoms in total. The first-order valence-corrected chi connectivity index (χ1v) is 8.25. The van der Waals surface area contributed by atoms with Crippen molar-refractivity contribution in [1.29, 1.82) is 0 Å². The van der Waals surface area contributed by atoms with E-state index in [1.165, 1.54) is 24.1 Å². The van der Waals surface area contributed by atoms with Gasteiger partial charge in [-0.1, -0.05) is 30.3 Å². The van der Waals surface area contributed by atoms with Crippen molar-refractivity contribution in [2.75, 3.05) is 7.11 Å². The minimum absolute atomic E-state index is 0.0839. The summed E-state index contributed by atoms with van der Waals surface area (Å²) in [7, 11) is 1.32. The van der Waals surface area contributed by atoms with Gasteiger partial charge in [-0.05, 0) is 26.0 Å². The molecule has 0 aliphatic carbocycles. The second kappa shape index (κ2) is 7.31. The summed E-state index contributed by atoms with van der Waals surface area (Å²) in [6.07, 6.45) is 1.48. The lowest BCUT2D eigenvalue weighted by atomic mass is 10.0. The van der Waals surface area contributed by atoms with E-state index in [4.69, 9.17) is 4.74 Å². The third-order valence-corrected chi connectivity index (χ3v) is 3.95. The molecule has 0 aliphatic rings. The van der Waals surface area contributed by atoms with Crippen LogP contribution in [0.25, 0.3) is 22.5 Å². The molecule has 0 radical (unpaired) electrons. The zero-order valence-corrected chi connectivity index (χ0v) is 14.8. The Morgan fingerprint density at radius 2 is 1.85 bits per heavy atom. The van der Waals surface area contributed by atoms with Crippen LogP contribution < -0.4 is 5.56 Å². The first kappa shape index (κ1) is 17.5. The zero-order chi connectivity index (χ0) is 18.7. The molecule has 2 heterocycles. The molecule has 26 heavy (non-hydrogen) atoms. The highest BCUT2D eigenvalue weighted by atomic mass is 16.5. The fraction of sp³-hybridized carbons (Fsp3) is 0.200. The average Bonchev–Trinajstić information content (AvgIpc) is 2.67. The van der Waals surface area contributed by atoms with E-state index >= 15 is 0 Å². The Bertz CT molecular complexity index is 995. The Morgan fingerprint density at radius 1 is 1.12 bits per heavy atom. The van der Waals surface area contributed by atoms with E-state index in [9.17, 15) is 9.59 Å². The molecule has 6 heteroatoms. The molecule has 1 aromatic carbocycles. The highest BCUT2D eigenvalue weighted by Gasteiger charge is 2.16. The molecule has 0 saturated heterocycles. The van der Waals surface area contributed by atoms with Crippen molar-refractivity contribution in [2.45, 2.75) is 19.9 Å². The summed E-state index contributed by atoms with van der Waals surface area (Å²) in [5.41, 5.74) is 2.94. The summed E-state index contributed by atoms with van der Waals surface area (Å²) in [6.45, 7) is 3.78. The van der Waals surface area contributed by atoms with E-state index in [0.717, 1.165) is 5.56 Å². The number of carbonyl (C=O) groups is 1. The maximum absolute atomic E-state index is 12.0. The van der Waals surface area contributed by atoms with Crippen molar-refractivity contribution in [3.05, 3.63) is 70.6 Å². The second-order valence-corrected chi connectivity index (χ2v) is 6.07. The lowest BCUT2D eigenvalue weighted by Gasteiger charge is -2.13. The van der Waals surface area contributed by atoms with E-state index in [1.54, 1.807) is 12.1 Å². The van der Waals surface area contributed by atoms with Gasteiger partial charge in [0.2, 0.25) is 0 Å². The SMILES string of the molecule is COC(=O)c1cnc(-c2ccccc2)c(-c2ccc(=O)n(C(C)C)n2)c1. The Morgan fingerprint density at radius 3 is 2.50 bits per heavy atom. The predicted molar refractivity (Wildman–Crippen MR) is 98.9 cm³/mol. The fourth-order valence-electron chi connectivity index (χ4n) is 2.65. The number of aromatic nitrogens is 3. The lowest BCUT2D eigenvalue weighted by Crippen LogP contribution is -2.24. The number of ether oxygens (including phenoxy) is 1. The quantitative estimate of drug-likeness (QED) is 0.675. The van der Waals surface area contributed by atoms with Crippen LogP contribution in [0.15, 0.2) is 59.5 Å². The molecule has 0 unspecified atom stereocenters. The maximum atomic E-state index is 12.0. The number of hydrogen-bond acceptors (Lipinski definition) is 5. The van der Waals surface area contributed by atoms with Gasteiger partial charge in [0.1, 0.15) is 0 Å². The van der Waals surface area contributed by atoms with Gasteiger partial charge in [-0.2, -0.15) is 5.10 Å². The van der Waals surface area contributed by atoms with Gasteiger partial charge in [0, 0.05) is 23.4 Å². The van der Waals surface area contributed by atoms with Gasteiger partial charge < -0.3 is 4.74 Å². The van der Waals surface area contributed by atoms with Crippen LogP contribution in [0.4, 0.5) is 0 Å². The summed E-state index contributed by atoms with van der Waals surface area (Å²) >= 11 is 0. The smallest absolute Gasteiger partial charge is 0.339 e. The average molecular weight is 349 g/mol. The molecule has 0 fully saturated rings. The third-order valence-electron chi connectivity index (χ3n) is 3.95. The van der Waals surface area contributed by atoms with Crippen LogP contribution in [0.2, 0.25) is 0 Å². The highest BCUT2D eigenvalue weighted by molar-refractivity contribution is 5.92. The molecule has 0 atom stereocenters. The molecule has 0 amide bonds. The van der Waals surface area contributed by atoms with Gasteiger partial charge >= 0.3 is 5.97 Å². The van der Waals surface area contributed by atoms with Crippen LogP contribution in [0, 0.1) is 0 Å². The van der Waals surface area contributed by atoms with Crippen LogP contribution in [0.1, 0.15) is 30.2 Å². The lowest BCUT2D eigenvalue weighted by molar-refractivity contribution is 0.0600. The van der Waals surface area contributed by atoms with E-state index < -0.39 is 5.97 Å². The first-order valence-electron chi connectivity index (χ1n) is 8.25. The highest BCUT2D eigenvalue weighted by Crippen LogP contribution is 2.29. The summed E-state index contributed by atoms with van der Waals surface area (Å²) < 4.78 is 6.21. The van der Waals surface area contributed by atoms with Crippen LogP contribution in [0.5, 0.6) is 0 Å². The molecular formula is C20H19N3O3. The molecule has 0 bridgehead atoms. The number of rotatable bonds is 4. The van der Waals surface area contributed by atoms with Gasteiger partial charge in [0.25, 0.3) is 5.56 Å². The zero-order valence-electron chi connectivity index (χ0n) is 14.8. The van der Waals surface area contributed by atoms with Gasteiger partial charge in [-0.15, -0.1) is 0 Å². The summed E-state index contributed by atoms with van der Waals surface area (Å²) in [5.74, 6) is -0.476. The molecule has 0 saturated carbocycles. The molecule has 0 spiro atoms. The Kier molecular flexibility index (Phi) is 4.93. The third kappa shape index (κ3) is 3.39. The van der Waals surface area contributed by atoms with Gasteiger partial charge in [-0.25, -0.2) is 9.48 Å². The van der Waals surface area contributed by atoms with Crippen LogP contribution >= 0.6 is 0 Å². The Labute approximate surface area is 151 Å². The van der Waals surface area contributed by atoms with Crippen LogP contribution in [0.3, 0.4) is 0 Å². The molecular weight excluding hydrogens is 330 g/mol. The van der Waals surface area contributed by atoms with Gasteiger partial charge in [0.05, 0.1) is 30.1 Å². The van der Waals surface area contributed by atoms with Crippen molar-refractivity contribution >= 4 is 5.97 Å². The molecule has 3 rings (SSSR count). The number of nitrogens with zero attached hydrogens (tertiary/aromatic N) is 3. The van der Waals surface area contributed by atoms with E-state index in [1.807, 2.05) is 44.2 Å². The number of benzene rings is 1. The monoisotopic (exact) mass is 349 g/mol. The van der Waals surface area contributed by atoms with Crippen molar-refractivity contribution < 1.29 is 9.53 Å². The summed E-state index contributed by atoms with van der Waals surface area (Å²) in [5, 5.41) is 4.47. The minimum atomic E-state index is -0.476. The number of esters is 1. The number of pyridine rings is 1. The number of methoxy groups -OCH3 is 1. The normalized spacial score (nSPS) is 10.8. The van der Waals surface area contributed by atoms with Crippen LogP contribution in [-0.2, 0) is 4.74 Å². The summed E-state index contributed by atoms with van der Waals surface area (Å²) in [6, 6.07) is 14.3. The molecule has 2 aromatic heterocycles. The van der Waals surface area contributed by atoms with E-state index in [0.29, 0.717) is 22.5 Å². The van der Waals surface area contributed by atoms with E-state index in [-0.39, 0.29) is 11.6 Å². The molecule has 3 aromatic rings. The summed E-state index contributed by atoms with van der Waals surface area (Å²) in [4.78, 5) is 28.4.